The van der Waals surface area contributed by atoms with Crippen molar-refractivity contribution >= 4 is 16.8 Å². The first-order valence-corrected chi connectivity index (χ1v) is 8.62. The predicted molar refractivity (Wildman–Crippen MR) is 97.6 cm³/mol. The second-order valence-electron chi connectivity index (χ2n) is 6.57. The van der Waals surface area contributed by atoms with Crippen LogP contribution < -0.4 is 0 Å². The van der Waals surface area contributed by atoms with Crippen molar-refractivity contribution in [2.24, 2.45) is 0 Å². The maximum absolute atomic E-state index is 13.3. The molecule has 1 aromatic heterocycles. The van der Waals surface area contributed by atoms with E-state index in [9.17, 15) is 19.6 Å². The van der Waals surface area contributed by atoms with Gasteiger partial charge in [-0.25, -0.2) is 9.37 Å². The SMILES string of the molecule is N#Cc1cc(-c2ccc(F)cc2)c2ccc(CN3C(=O)CCC3O)cc2n1. The van der Waals surface area contributed by atoms with Gasteiger partial charge in [-0.2, -0.15) is 5.26 Å². The summed E-state index contributed by atoms with van der Waals surface area (Å²) in [6, 6.07) is 15.4. The minimum Gasteiger partial charge on any atom is -0.373 e. The molecule has 1 N–H and O–H groups in total. The molecule has 27 heavy (non-hydrogen) atoms. The lowest BCUT2D eigenvalue weighted by Crippen LogP contribution is -2.32. The Hall–Kier alpha value is -3.30. The summed E-state index contributed by atoms with van der Waals surface area (Å²) in [6.07, 6.45) is 0.0273. The quantitative estimate of drug-likeness (QED) is 0.776. The number of halogens is 1. The highest BCUT2D eigenvalue weighted by molar-refractivity contribution is 5.95. The first-order chi connectivity index (χ1) is 13.0. The Morgan fingerprint density at radius 3 is 2.67 bits per heavy atom. The summed E-state index contributed by atoms with van der Waals surface area (Å²) in [5.41, 5.74) is 3.28. The maximum atomic E-state index is 13.3. The molecule has 0 spiro atoms. The van der Waals surface area contributed by atoms with Crippen LogP contribution in [0.25, 0.3) is 22.0 Å². The molecular weight excluding hydrogens is 345 g/mol. The van der Waals surface area contributed by atoms with Gasteiger partial charge in [-0.1, -0.05) is 24.3 Å². The average molecular weight is 361 g/mol. The number of nitrogens with zero attached hydrogens (tertiary/aromatic N) is 3. The van der Waals surface area contributed by atoms with Crippen molar-refractivity contribution in [1.82, 2.24) is 9.88 Å². The Balaban J connectivity index is 1.78. The first kappa shape index (κ1) is 17.1. The van der Waals surface area contributed by atoms with Crippen LogP contribution in [-0.4, -0.2) is 27.1 Å². The summed E-state index contributed by atoms with van der Waals surface area (Å²) < 4.78 is 13.3. The van der Waals surface area contributed by atoms with E-state index in [1.54, 1.807) is 18.2 Å². The Kier molecular flexibility index (Phi) is 4.30. The molecule has 6 heteroatoms. The van der Waals surface area contributed by atoms with Crippen molar-refractivity contribution in [3.05, 3.63) is 65.6 Å². The lowest BCUT2D eigenvalue weighted by molar-refractivity contribution is -0.134. The third-order valence-electron chi connectivity index (χ3n) is 4.79. The molecule has 0 aliphatic carbocycles. The summed E-state index contributed by atoms with van der Waals surface area (Å²) in [7, 11) is 0. The minimum absolute atomic E-state index is 0.0756. The van der Waals surface area contributed by atoms with Crippen LogP contribution in [0, 0.1) is 17.1 Å². The molecule has 1 fully saturated rings. The molecule has 0 radical (unpaired) electrons. The van der Waals surface area contributed by atoms with Crippen LogP contribution in [0.5, 0.6) is 0 Å². The van der Waals surface area contributed by atoms with Crippen LogP contribution in [-0.2, 0) is 11.3 Å². The highest BCUT2D eigenvalue weighted by Crippen LogP contribution is 2.30. The molecule has 0 saturated carbocycles. The molecule has 134 valence electrons. The lowest BCUT2D eigenvalue weighted by atomic mass is 9.99. The predicted octanol–water partition coefficient (Wildman–Crippen LogP) is 3.35. The number of aromatic nitrogens is 1. The fourth-order valence-electron chi connectivity index (χ4n) is 3.41. The molecule has 0 bridgehead atoms. The average Bonchev–Trinajstić information content (AvgIpc) is 2.99. The van der Waals surface area contributed by atoms with E-state index >= 15 is 0 Å². The van der Waals surface area contributed by atoms with E-state index in [4.69, 9.17) is 0 Å². The van der Waals surface area contributed by atoms with E-state index in [2.05, 4.69) is 11.1 Å². The molecule has 1 saturated heterocycles. The molecule has 1 unspecified atom stereocenters. The van der Waals surface area contributed by atoms with Gasteiger partial charge >= 0.3 is 0 Å². The molecule has 5 nitrogen and oxygen atoms in total. The van der Waals surface area contributed by atoms with Crippen LogP contribution in [0.1, 0.15) is 24.1 Å². The molecule has 1 aliphatic heterocycles. The Morgan fingerprint density at radius 1 is 1.22 bits per heavy atom. The summed E-state index contributed by atoms with van der Waals surface area (Å²) in [6.45, 7) is 0.292. The number of hydrogen-bond donors (Lipinski definition) is 1. The van der Waals surface area contributed by atoms with E-state index in [0.29, 0.717) is 24.9 Å². The number of fused-ring (bicyclic) bond motifs is 1. The molecule has 2 aromatic carbocycles. The van der Waals surface area contributed by atoms with Crippen molar-refractivity contribution in [1.29, 1.82) is 5.26 Å². The number of aliphatic hydroxyl groups excluding tert-OH is 1. The van der Waals surface area contributed by atoms with E-state index in [-0.39, 0.29) is 17.4 Å². The number of likely N-dealkylation sites (tertiary alicyclic amines) is 1. The van der Waals surface area contributed by atoms with E-state index < -0.39 is 6.23 Å². The van der Waals surface area contributed by atoms with Gasteiger partial charge in [0.15, 0.2) is 0 Å². The van der Waals surface area contributed by atoms with Crippen molar-refractivity contribution in [3.63, 3.8) is 0 Å². The molecule has 4 rings (SSSR count). The van der Waals surface area contributed by atoms with Crippen molar-refractivity contribution in [3.8, 4) is 17.2 Å². The number of hydrogen-bond acceptors (Lipinski definition) is 4. The normalized spacial score (nSPS) is 16.7. The molecular formula is C21H16FN3O2. The molecule has 1 amide bonds. The Labute approximate surface area is 155 Å². The molecule has 3 aromatic rings. The zero-order chi connectivity index (χ0) is 19.0. The third kappa shape index (κ3) is 3.25. The lowest BCUT2D eigenvalue weighted by Gasteiger charge is -2.20. The van der Waals surface area contributed by atoms with Gasteiger partial charge in [-0.3, -0.25) is 4.79 Å². The van der Waals surface area contributed by atoms with Crippen molar-refractivity contribution in [2.45, 2.75) is 25.6 Å². The highest BCUT2D eigenvalue weighted by Gasteiger charge is 2.29. The number of pyridine rings is 1. The van der Waals surface area contributed by atoms with Crippen LogP contribution in [0.15, 0.2) is 48.5 Å². The summed E-state index contributed by atoms with van der Waals surface area (Å²) in [5.74, 6) is -0.401. The maximum Gasteiger partial charge on any atom is 0.225 e. The second-order valence-corrected chi connectivity index (χ2v) is 6.57. The van der Waals surface area contributed by atoms with Crippen LogP contribution in [0.3, 0.4) is 0 Å². The van der Waals surface area contributed by atoms with Crippen LogP contribution in [0.4, 0.5) is 4.39 Å². The topological polar surface area (TPSA) is 77.2 Å². The van der Waals surface area contributed by atoms with Gasteiger partial charge < -0.3 is 10.0 Å². The summed E-state index contributed by atoms with van der Waals surface area (Å²) in [4.78, 5) is 17.7. The van der Waals surface area contributed by atoms with E-state index in [1.165, 1.54) is 17.0 Å². The van der Waals surface area contributed by atoms with Gasteiger partial charge in [0.05, 0.1) is 5.52 Å². The second kappa shape index (κ2) is 6.78. The van der Waals surface area contributed by atoms with Gasteiger partial charge in [0, 0.05) is 24.8 Å². The van der Waals surface area contributed by atoms with E-state index in [0.717, 1.165) is 22.1 Å². The van der Waals surface area contributed by atoms with Gasteiger partial charge in [0.1, 0.15) is 23.8 Å². The zero-order valence-electron chi connectivity index (χ0n) is 14.4. The molecule has 1 atom stereocenters. The van der Waals surface area contributed by atoms with Crippen LogP contribution in [0.2, 0.25) is 0 Å². The number of carbonyl (C=O) groups is 1. The van der Waals surface area contributed by atoms with Gasteiger partial charge in [-0.15, -0.1) is 0 Å². The van der Waals surface area contributed by atoms with E-state index in [1.807, 2.05) is 18.2 Å². The Morgan fingerprint density at radius 2 is 2.00 bits per heavy atom. The monoisotopic (exact) mass is 361 g/mol. The van der Waals surface area contributed by atoms with Crippen LogP contribution >= 0.6 is 0 Å². The number of nitriles is 1. The smallest absolute Gasteiger partial charge is 0.225 e. The molecule has 1 aliphatic rings. The van der Waals surface area contributed by atoms with Gasteiger partial charge in [-0.05, 0) is 41.0 Å². The number of rotatable bonds is 3. The van der Waals surface area contributed by atoms with Gasteiger partial charge in [0.25, 0.3) is 0 Å². The van der Waals surface area contributed by atoms with Crippen molar-refractivity contribution in [2.75, 3.05) is 0 Å². The summed E-state index contributed by atoms with van der Waals surface area (Å²) >= 11 is 0. The molecule has 2 heterocycles. The highest BCUT2D eigenvalue weighted by atomic mass is 19.1. The number of amides is 1. The van der Waals surface area contributed by atoms with Crippen molar-refractivity contribution < 1.29 is 14.3 Å². The zero-order valence-corrected chi connectivity index (χ0v) is 14.4. The number of aliphatic hydroxyl groups is 1. The number of carbonyl (C=O) groups excluding carboxylic acids is 1. The fraction of sp³-hybridized carbons (Fsp3) is 0.190. The first-order valence-electron chi connectivity index (χ1n) is 8.62. The third-order valence-corrected chi connectivity index (χ3v) is 4.79. The number of benzene rings is 2. The summed E-state index contributed by atoms with van der Waals surface area (Å²) in [5, 5.41) is 20.1. The minimum atomic E-state index is -0.763. The largest absolute Gasteiger partial charge is 0.373 e. The van der Waals surface area contributed by atoms with Gasteiger partial charge in [0.2, 0.25) is 5.91 Å². The Bertz CT molecular complexity index is 1070. The fourth-order valence-corrected chi connectivity index (χ4v) is 3.41. The standard InChI is InChI=1S/C21H16FN3O2/c22-15-4-2-14(3-5-15)18-10-16(11-23)24-19-9-13(1-6-17(18)19)12-25-20(26)7-8-21(25)27/h1-6,9-10,20,26H,7-8,12H2.